The molecule has 0 unspecified atom stereocenters. The summed E-state index contributed by atoms with van der Waals surface area (Å²) >= 11 is 0. The summed E-state index contributed by atoms with van der Waals surface area (Å²) in [5.41, 5.74) is 2.47. The second kappa shape index (κ2) is 8.38. The first kappa shape index (κ1) is 20.9. The largest absolute Gasteiger partial charge is 0.511 e. The van der Waals surface area contributed by atoms with Crippen LogP contribution < -0.4 is 4.74 Å². The Labute approximate surface area is 182 Å². The molecule has 0 spiro atoms. The van der Waals surface area contributed by atoms with E-state index in [0.717, 1.165) is 16.3 Å². The molecule has 0 bridgehead atoms. The molecule has 3 aromatic rings. The minimum atomic E-state index is -0.210. The van der Waals surface area contributed by atoms with Crippen molar-refractivity contribution in [2.75, 3.05) is 7.11 Å². The SMILES string of the molecule is COc1cccc(N=C2CC(C)(C)CC(=O)/C2=C(/O)Cc2cccc3ccccc23)c1. The third-order valence-electron chi connectivity index (χ3n) is 5.70. The maximum atomic E-state index is 13.1. The zero-order valence-corrected chi connectivity index (χ0v) is 18.2. The van der Waals surface area contributed by atoms with Gasteiger partial charge in [-0.05, 0) is 40.3 Å². The quantitative estimate of drug-likeness (QED) is 0.400. The number of aliphatic hydroxyl groups is 1. The van der Waals surface area contributed by atoms with Gasteiger partial charge >= 0.3 is 0 Å². The molecule has 0 amide bonds. The normalized spacial score (nSPS) is 18.9. The van der Waals surface area contributed by atoms with Crippen LogP contribution >= 0.6 is 0 Å². The number of hydrogen-bond acceptors (Lipinski definition) is 4. The van der Waals surface area contributed by atoms with Gasteiger partial charge in [0.1, 0.15) is 11.5 Å². The number of methoxy groups -OCH3 is 1. The molecule has 158 valence electrons. The zero-order chi connectivity index (χ0) is 22.0. The first-order chi connectivity index (χ1) is 14.9. The van der Waals surface area contributed by atoms with Gasteiger partial charge in [-0.3, -0.25) is 9.79 Å². The predicted molar refractivity (Wildman–Crippen MR) is 125 cm³/mol. The van der Waals surface area contributed by atoms with Crippen LogP contribution in [-0.4, -0.2) is 23.7 Å². The number of Topliss-reactive ketones (excluding diaryl/α,β-unsaturated/α-hetero) is 1. The summed E-state index contributed by atoms with van der Waals surface area (Å²) in [5, 5.41) is 13.3. The van der Waals surface area contributed by atoms with Gasteiger partial charge in [0.2, 0.25) is 0 Å². The first-order valence-electron chi connectivity index (χ1n) is 10.5. The van der Waals surface area contributed by atoms with Crippen LogP contribution in [0.2, 0.25) is 0 Å². The van der Waals surface area contributed by atoms with Crippen molar-refractivity contribution in [3.05, 3.63) is 83.6 Å². The minimum absolute atomic E-state index is 0.0596. The monoisotopic (exact) mass is 413 g/mol. The number of nitrogens with zero attached hydrogens (tertiary/aromatic N) is 1. The lowest BCUT2D eigenvalue weighted by Crippen LogP contribution is -2.32. The second-order valence-electron chi connectivity index (χ2n) is 8.84. The van der Waals surface area contributed by atoms with Crippen LogP contribution in [-0.2, 0) is 11.2 Å². The molecule has 0 heterocycles. The zero-order valence-electron chi connectivity index (χ0n) is 18.2. The number of aliphatic imine (C=N–C) groups is 1. The third kappa shape index (κ3) is 4.53. The molecular weight excluding hydrogens is 386 g/mol. The average Bonchev–Trinajstić information content (AvgIpc) is 2.73. The van der Waals surface area contributed by atoms with Gasteiger partial charge in [-0.1, -0.05) is 62.4 Å². The van der Waals surface area contributed by atoms with Crippen molar-refractivity contribution >= 4 is 28.0 Å². The van der Waals surface area contributed by atoms with Gasteiger partial charge in [0, 0.05) is 18.9 Å². The fourth-order valence-electron chi connectivity index (χ4n) is 4.26. The third-order valence-corrected chi connectivity index (χ3v) is 5.70. The van der Waals surface area contributed by atoms with Crippen molar-refractivity contribution in [1.29, 1.82) is 0 Å². The Bertz CT molecular complexity index is 1200. The standard InChI is InChI=1S/C27H27NO3/c1-27(2)16-23(28-20-11-7-12-21(15-20)31-3)26(25(30)17-27)24(29)14-19-10-6-9-18-8-4-5-13-22(18)19/h4-13,15,29H,14,16-17H2,1-3H3/b26-24+,28-23?. The molecule has 4 heteroatoms. The number of ketones is 1. The van der Waals surface area contributed by atoms with Crippen molar-refractivity contribution in [2.45, 2.75) is 33.1 Å². The molecule has 0 atom stereocenters. The van der Waals surface area contributed by atoms with Crippen molar-refractivity contribution in [3.63, 3.8) is 0 Å². The van der Waals surface area contributed by atoms with Gasteiger partial charge < -0.3 is 9.84 Å². The summed E-state index contributed by atoms with van der Waals surface area (Å²) in [6, 6.07) is 21.5. The molecule has 0 aliphatic heterocycles. The van der Waals surface area contributed by atoms with Crippen LogP contribution in [0, 0.1) is 5.41 Å². The Morgan fingerprint density at radius 3 is 2.58 bits per heavy atom. The summed E-state index contributed by atoms with van der Waals surface area (Å²) in [6.45, 7) is 4.12. The maximum Gasteiger partial charge on any atom is 0.168 e. The summed E-state index contributed by atoms with van der Waals surface area (Å²) in [7, 11) is 1.61. The van der Waals surface area contributed by atoms with Gasteiger partial charge in [0.05, 0.1) is 24.1 Å². The van der Waals surface area contributed by atoms with Crippen LogP contribution in [0.25, 0.3) is 10.8 Å². The van der Waals surface area contributed by atoms with E-state index in [2.05, 4.69) is 13.8 Å². The number of hydrogen-bond donors (Lipinski definition) is 1. The molecular formula is C27H27NO3. The lowest BCUT2D eigenvalue weighted by molar-refractivity contribution is -0.117. The highest BCUT2D eigenvalue weighted by atomic mass is 16.5. The molecule has 1 aliphatic carbocycles. The van der Waals surface area contributed by atoms with Gasteiger partial charge in [0.15, 0.2) is 5.78 Å². The van der Waals surface area contributed by atoms with E-state index in [1.807, 2.05) is 66.7 Å². The summed E-state index contributed by atoms with van der Waals surface area (Å²) in [6.07, 6.45) is 1.30. The molecule has 0 aromatic heterocycles. The number of carbonyl (C=O) groups is 1. The Kier molecular flexibility index (Phi) is 5.64. The van der Waals surface area contributed by atoms with Crippen molar-refractivity contribution in [1.82, 2.24) is 0 Å². The molecule has 0 radical (unpaired) electrons. The van der Waals surface area contributed by atoms with Gasteiger partial charge in [-0.15, -0.1) is 0 Å². The summed E-state index contributed by atoms with van der Waals surface area (Å²) < 4.78 is 5.30. The highest BCUT2D eigenvalue weighted by molar-refractivity contribution is 6.25. The Morgan fingerprint density at radius 1 is 1.03 bits per heavy atom. The molecule has 1 fully saturated rings. The van der Waals surface area contributed by atoms with Gasteiger partial charge in [-0.2, -0.15) is 0 Å². The molecule has 31 heavy (non-hydrogen) atoms. The van der Waals surface area contributed by atoms with E-state index < -0.39 is 0 Å². The van der Waals surface area contributed by atoms with Gasteiger partial charge in [0.25, 0.3) is 0 Å². The van der Waals surface area contributed by atoms with E-state index in [9.17, 15) is 9.90 Å². The number of fused-ring (bicyclic) bond motifs is 1. The molecule has 1 aliphatic rings. The van der Waals surface area contributed by atoms with E-state index >= 15 is 0 Å². The lowest BCUT2D eigenvalue weighted by atomic mass is 9.73. The van der Waals surface area contributed by atoms with Crippen LogP contribution in [0.1, 0.15) is 32.3 Å². The van der Waals surface area contributed by atoms with Crippen molar-refractivity contribution in [3.8, 4) is 5.75 Å². The summed E-state index contributed by atoms with van der Waals surface area (Å²) in [5.74, 6) is 0.725. The fraction of sp³-hybridized carbons (Fsp3) is 0.259. The molecule has 0 saturated heterocycles. The number of aliphatic hydroxyl groups excluding tert-OH is 1. The number of benzene rings is 3. The Balaban J connectivity index is 1.79. The first-order valence-corrected chi connectivity index (χ1v) is 10.5. The van der Waals surface area contributed by atoms with E-state index in [4.69, 9.17) is 9.73 Å². The molecule has 1 N–H and O–H groups in total. The number of rotatable bonds is 4. The smallest absolute Gasteiger partial charge is 0.168 e. The van der Waals surface area contributed by atoms with E-state index in [0.29, 0.717) is 42.0 Å². The second-order valence-corrected chi connectivity index (χ2v) is 8.84. The Hall–Kier alpha value is -3.40. The number of carbonyl (C=O) groups excluding carboxylic acids is 1. The van der Waals surface area contributed by atoms with Crippen molar-refractivity contribution < 1.29 is 14.6 Å². The number of ether oxygens (including phenoxy) is 1. The van der Waals surface area contributed by atoms with Crippen LogP contribution in [0.3, 0.4) is 0 Å². The minimum Gasteiger partial charge on any atom is -0.511 e. The van der Waals surface area contributed by atoms with Crippen molar-refractivity contribution in [2.24, 2.45) is 10.4 Å². The van der Waals surface area contributed by atoms with E-state index in [1.165, 1.54) is 0 Å². The van der Waals surface area contributed by atoms with Crippen LogP contribution in [0.15, 0.2) is 83.1 Å². The molecule has 3 aromatic carbocycles. The van der Waals surface area contributed by atoms with Crippen LogP contribution in [0.5, 0.6) is 5.75 Å². The molecule has 4 rings (SSSR count). The van der Waals surface area contributed by atoms with E-state index in [-0.39, 0.29) is 17.0 Å². The summed E-state index contributed by atoms with van der Waals surface area (Å²) in [4.78, 5) is 17.9. The predicted octanol–water partition coefficient (Wildman–Crippen LogP) is 6.36. The molecule has 1 saturated carbocycles. The Morgan fingerprint density at radius 2 is 1.77 bits per heavy atom. The van der Waals surface area contributed by atoms with Gasteiger partial charge in [-0.25, -0.2) is 0 Å². The highest BCUT2D eigenvalue weighted by Crippen LogP contribution is 2.37. The topological polar surface area (TPSA) is 58.9 Å². The number of allylic oxidation sites excluding steroid dienone is 2. The fourth-order valence-corrected chi connectivity index (χ4v) is 4.26. The average molecular weight is 414 g/mol. The maximum absolute atomic E-state index is 13.1. The molecule has 4 nitrogen and oxygen atoms in total. The lowest BCUT2D eigenvalue weighted by Gasteiger charge is -2.31. The van der Waals surface area contributed by atoms with E-state index in [1.54, 1.807) is 7.11 Å². The van der Waals surface area contributed by atoms with Crippen LogP contribution in [0.4, 0.5) is 5.69 Å². The highest BCUT2D eigenvalue weighted by Gasteiger charge is 2.36.